The quantitative estimate of drug-likeness (QED) is 0.182. The minimum absolute atomic E-state index is 0.00468. The summed E-state index contributed by atoms with van der Waals surface area (Å²) in [4.78, 5) is 54.3. The Morgan fingerprint density at radius 3 is 2.26 bits per heavy atom. The Morgan fingerprint density at radius 2 is 1.69 bits per heavy atom. The summed E-state index contributed by atoms with van der Waals surface area (Å²) in [7, 11) is 0. The second-order valence-corrected chi connectivity index (χ2v) is 13.5. The summed E-state index contributed by atoms with van der Waals surface area (Å²) in [5.41, 5.74) is -0.186. The molecule has 1 unspecified atom stereocenters. The molecule has 0 saturated carbocycles. The summed E-state index contributed by atoms with van der Waals surface area (Å²) in [6, 6.07) is 7.84. The predicted molar refractivity (Wildman–Crippen MR) is 148 cm³/mol. The molecule has 1 aromatic rings. The number of ether oxygens (including phenoxy) is 3. The van der Waals surface area contributed by atoms with Gasteiger partial charge in [-0.1, -0.05) is 79.0 Å². The first-order valence-corrected chi connectivity index (χ1v) is 14.0. The Balaban J connectivity index is 2.45. The van der Waals surface area contributed by atoms with Crippen molar-refractivity contribution < 1.29 is 37.9 Å². The van der Waals surface area contributed by atoms with Crippen LogP contribution in [0.25, 0.3) is 0 Å². The lowest BCUT2D eigenvalue weighted by Crippen LogP contribution is -2.74. The molecule has 1 saturated heterocycles. The van der Waals surface area contributed by atoms with E-state index in [1.165, 1.54) is 0 Å². The van der Waals surface area contributed by atoms with E-state index in [0.717, 1.165) is 5.56 Å². The lowest BCUT2D eigenvalue weighted by Gasteiger charge is -2.43. The molecule has 0 aromatic heterocycles. The minimum atomic E-state index is -1.82. The number of carbonyl (C=O) groups excluding carboxylic acids is 4. The second kappa shape index (κ2) is 14.1. The van der Waals surface area contributed by atoms with Crippen LogP contribution < -0.4 is 5.32 Å². The first kappa shape index (κ1) is 33.3. The van der Waals surface area contributed by atoms with Gasteiger partial charge < -0.3 is 19.5 Å². The van der Waals surface area contributed by atoms with Crippen molar-refractivity contribution in [1.82, 2.24) is 5.32 Å². The monoisotopic (exact) mass is 607 g/mol. The summed E-state index contributed by atoms with van der Waals surface area (Å²) < 4.78 is 13.6. The first-order chi connectivity index (χ1) is 18.0. The van der Waals surface area contributed by atoms with E-state index in [2.05, 4.69) is 5.32 Å². The van der Waals surface area contributed by atoms with E-state index >= 15 is 0 Å². The SMILES string of the molecule is CC(C)C[C@H](CC(=O)OCC(Cl)(Cl)Cl)C(=O)[N@+]1(C(=O)OC(C)(C)C)CCNCC1C(=O)OCc1ccccc1. The number of imide groups is 1. The molecule has 9 nitrogen and oxygen atoms in total. The topological polar surface area (TPSA) is 108 Å². The van der Waals surface area contributed by atoms with E-state index in [-0.39, 0.29) is 45.0 Å². The van der Waals surface area contributed by atoms with Gasteiger partial charge in [0.25, 0.3) is 0 Å². The van der Waals surface area contributed by atoms with Crippen LogP contribution >= 0.6 is 34.8 Å². The number of halogens is 3. The number of rotatable bonds is 9. The molecule has 1 N–H and O–H groups in total. The number of nitrogens with zero attached hydrogens (tertiary/aromatic N) is 1. The number of piperazine rings is 1. The van der Waals surface area contributed by atoms with Gasteiger partial charge in [0, 0.05) is 6.54 Å². The summed E-state index contributed by atoms with van der Waals surface area (Å²) in [5.74, 6) is -3.10. The number of nitrogens with one attached hydrogen (secondary N) is 1. The third-order valence-electron chi connectivity index (χ3n) is 6.03. The van der Waals surface area contributed by atoms with Crippen LogP contribution in [-0.2, 0) is 35.2 Å². The first-order valence-electron chi connectivity index (χ1n) is 12.8. The van der Waals surface area contributed by atoms with E-state index in [0.29, 0.717) is 0 Å². The smallest absolute Gasteiger partial charge is 0.461 e. The van der Waals surface area contributed by atoms with Crippen molar-refractivity contribution in [1.29, 1.82) is 0 Å². The summed E-state index contributed by atoms with van der Waals surface area (Å²) in [6.45, 7) is 8.48. The van der Waals surface area contributed by atoms with Crippen molar-refractivity contribution >= 4 is 58.7 Å². The third-order valence-corrected chi connectivity index (χ3v) is 6.36. The number of quaternary nitrogens is 1. The van der Waals surface area contributed by atoms with Crippen LogP contribution in [0.1, 0.15) is 53.0 Å². The van der Waals surface area contributed by atoms with Gasteiger partial charge in [0.1, 0.15) is 25.4 Å². The molecule has 1 aliphatic rings. The van der Waals surface area contributed by atoms with Crippen LogP contribution in [0, 0.1) is 11.8 Å². The normalized spacial score (nSPS) is 20.7. The minimum Gasteiger partial charge on any atom is -0.461 e. The van der Waals surface area contributed by atoms with E-state index in [1.54, 1.807) is 32.9 Å². The highest BCUT2D eigenvalue weighted by atomic mass is 35.6. The Bertz CT molecular complexity index is 1010. The van der Waals surface area contributed by atoms with Gasteiger partial charge in [0.2, 0.25) is 9.83 Å². The van der Waals surface area contributed by atoms with Gasteiger partial charge >= 0.3 is 23.9 Å². The molecule has 39 heavy (non-hydrogen) atoms. The zero-order chi connectivity index (χ0) is 29.4. The van der Waals surface area contributed by atoms with E-state index in [9.17, 15) is 19.2 Å². The zero-order valence-corrected chi connectivity index (χ0v) is 25.3. The molecule has 0 bridgehead atoms. The number of amides is 2. The molecule has 1 aliphatic heterocycles. The van der Waals surface area contributed by atoms with E-state index < -0.39 is 56.4 Å². The Labute approximate surface area is 245 Å². The zero-order valence-electron chi connectivity index (χ0n) is 23.0. The van der Waals surface area contributed by atoms with Crippen LogP contribution in [0.2, 0.25) is 0 Å². The van der Waals surface area contributed by atoms with Crippen molar-refractivity contribution in [3.63, 3.8) is 0 Å². The molecule has 218 valence electrons. The fourth-order valence-electron chi connectivity index (χ4n) is 4.40. The predicted octanol–water partition coefficient (Wildman–Crippen LogP) is 4.95. The number of carbonyl (C=O) groups is 4. The molecule has 0 radical (unpaired) electrons. The summed E-state index contributed by atoms with van der Waals surface area (Å²) in [5, 5.41) is 3.09. The second-order valence-electron chi connectivity index (χ2n) is 11.0. The van der Waals surface area contributed by atoms with Gasteiger partial charge in [-0.15, -0.1) is 4.48 Å². The molecule has 12 heteroatoms. The molecule has 0 aliphatic carbocycles. The van der Waals surface area contributed by atoms with Gasteiger partial charge in [0.15, 0.2) is 0 Å². The number of hydrogen-bond donors (Lipinski definition) is 1. The molecule has 0 spiro atoms. The fraction of sp³-hybridized carbons (Fsp3) is 0.630. The molecule has 3 atom stereocenters. The molecule has 1 heterocycles. The molecular weight excluding hydrogens is 571 g/mol. The average Bonchev–Trinajstić information content (AvgIpc) is 2.84. The Kier molecular flexibility index (Phi) is 12.1. The van der Waals surface area contributed by atoms with Crippen molar-refractivity contribution in [2.75, 3.05) is 26.2 Å². The fourth-order valence-corrected chi connectivity index (χ4v) is 4.56. The van der Waals surface area contributed by atoms with E-state index in [4.69, 9.17) is 49.0 Å². The van der Waals surface area contributed by atoms with E-state index in [1.807, 2.05) is 32.0 Å². The van der Waals surface area contributed by atoms with Crippen LogP contribution in [0.3, 0.4) is 0 Å². The summed E-state index contributed by atoms with van der Waals surface area (Å²) in [6.07, 6.45) is -0.984. The van der Waals surface area contributed by atoms with Crippen LogP contribution in [0.15, 0.2) is 30.3 Å². The average molecular weight is 609 g/mol. The van der Waals surface area contributed by atoms with Crippen molar-refractivity contribution in [2.24, 2.45) is 11.8 Å². The Morgan fingerprint density at radius 1 is 1.05 bits per heavy atom. The lowest BCUT2D eigenvalue weighted by molar-refractivity contribution is -0.806. The van der Waals surface area contributed by atoms with Crippen molar-refractivity contribution in [2.45, 2.75) is 69.5 Å². The van der Waals surface area contributed by atoms with Crippen molar-refractivity contribution in [3.8, 4) is 0 Å². The highest BCUT2D eigenvalue weighted by Crippen LogP contribution is 2.32. The van der Waals surface area contributed by atoms with Crippen LogP contribution in [-0.4, -0.2) is 70.1 Å². The summed E-state index contributed by atoms with van der Waals surface area (Å²) >= 11 is 17.1. The maximum absolute atomic E-state index is 14.4. The van der Waals surface area contributed by atoms with Crippen LogP contribution in [0.4, 0.5) is 4.79 Å². The molecule has 1 fully saturated rings. The number of benzene rings is 1. The number of esters is 2. The van der Waals surface area contributed by atoms with Gasteiger partial charge in [-0.3, -0.25) is 4.79 Å². The molecule has 1 aromatic carbocycles. The van der Waals surface area contributed by atoms with Gasteiger partial charge in [0.05, 0.1) is 18.9 Å². The van der Waals surface area contributed by atoms with Crippen LogP contribution in [0.5, 0.6) is 0 Å². The molecular formula is C27H38Cl3N2O7+. The largest absolute Gasteiger partial charge is 0.524 e. The maximum atomic E-state index is 14.4. The van der Waals surface area contributed by atoms with Crippen molar-refractivity contribution in [3.05, 3.63) is 35.9 Å². The number of alkyl halides is 3. The standard InChI is InChI=1S/C27H38Cl3N2O7/c1-18(2)13-20(14-22(33)38-17-27(28,29)30)23(34)32(25(36)39-26(3,4)5)12-11-31-15-21(32)24(35)37-16-19-9-7-6-8-10-19/h6-10,18,20-21,31H,11-17H2,1-5H3/q+1/t20-,21?,32+/m1/s1. The highest BCUT2D eigenvalue weighted by Gasteiger charge is 2.60. The number of hydrogen-bond acceptors (Lipinski definition) is 8. The lowest BCUT2D eigenvalue weighted by atomic mass is 9.90. The van der Waals surface area contributed by atoms with Gasteiger partial charge in [-0.05, 0) is 38.7 Å². The highest BCUT2D eigenvalue weighted by molar-refractivity contribution is 6.67. The maximum Gasteiger partial charge on any atom is 0.524 e. The Hall–Kier alpha value is -1.91. The van der Waals surface area contributed by atoms with Gasteiger partial charge in [-0.25, -0.2) is 9.59 Å². The molecule has 2 amide bonds. The van der Waals surface area contributed by atoms with Gasteiger partial charge in [-0.2, -0.15) is 4.79 Å². The molecule has 2 rings (SSSR count). The third kappa shape index (κ3) is 10.2.